The maximum Gasteiger partial charge on any atom is 0.159 e. The Morgan fingerprint density at radius 3 is 1.45 bits per heavy atom. The summed E-state index contributed by atoms with van der Waals surface area (Å²) in [7, 11) is 0. The molecule has 4 nitrogen and oxygen atoms in total. The number of hydrogen-bond acceptors (Lipinski definition) is 2. The van der Waals surface area contributed by atoms with E-state index in [1.165, 1.54) is 43.4 Å². The Bertz CT molecular complexity index is 2430. The Balaban J connectivity index is 1.33. The average molecular weight is 537 g/mol. The quantitative estimate of drug-likeness (QED) is 0.225. The summed E-state index contributed by atoms with van der Waals surface area (Å²) in [5.41, 5.74) is 7.81. The summed E-state index contributed by atoms with van der Waals surface area (Å²) in [6.07, 6.45) is 3.86. The van der Waals surface area contributed by atoms with Crippen LogP contribution in [0.2, 0.25) is 0 Å². The summed E-state index contributed by atoms with van der Waals surface area (Å²) >= 11 is 0. The molecule has 0 saturated carbocycles. The fourth-order valence-corrected chi connectivity index (χ4v) is 6.49. The fourth-order valence-electron chi connectivity index (χ4n) is 6.49. The van der Waals surface area contributed by atoms with Gasteiger partial charge in [0.1, 0.15) is 0 Å². The highest BCUT2D eigenvalue weighted by atomic mass is 15.0. The molecule has 0 unspecified atom stereocenters. The molecule has 0 bridgehead atoms. The van der Waals surface area contributed by atoms with Crippen molar-refractivity contribution in [3.05, 3.63) is 146 Å². The number of nitrogens with zero attached hydrogens (tertiary/aromatic N) is 4. The normalized spacial score (nSPS) is 11.8. The largest absolute Gasteiger partial charge is 0.309 e. The van der Waals surface area contributed by atoms with Crippen LogP contribution >= 0.6 is 0 Å². The van der Waals surface area contributed by atoms with Crippen molar-refractivity contribution in [1.82, 2.24) is 19.1 Å². The molecule has 0 spiro atoms. The molecule has 4 heteroatoms. The molecule has 0 amide bonds. The SMILES string of the molecule is c1ccc(-c2ncc(-n3c4ccccc4c4cc5cc6c7ccccc7n(-c7ccccc7)c6cc5cc43)cn2)cc1. The Labute approximate surface area is 241 Å². The monoisotopic (exact) mass is 536 g/mol. The minimum absolute atomic E-state index is 0.724. The number of hydrogen-bond donors (Lipinski definition) is 0. The molecule has 9 aromatic rings. The first kappa shape index (κ1) is 23.0. The number of benzene rings is 6. The summed E-state index contributed by atoms with van der Waals surface area (Å²) in [5.74, 6) is 0.724. The van der Waals surface area contributed by atoms with Gasteiger partial charge in [-0.05, 0) is 59.3 Å². The maximum absolute atomic E-state index is 4.76. The minimum Gasteiger partial charge on any atom is -0.309 e. The lowest BCUT2D eigenvalue weighted by atomic mass is 10.0. The number of fused-ring (bicyclic) bond motifs is 7. The smallest absolute Gasteiger partial charge is 0.159 e. The van der Waals surface area contributed by atoms with Crippen molar-refractivity contribution in [2.45, 2.75) is 0 Å². The van der Waals surface area contributed by atoms with E-state index in [4.69, 9.17) is 9.97 Å². The van der Waals surface area contributed by atoms with Gasteiger partial charge in [-0.15, -0.1) is 0 Å². The highest BCUT2D eigenvalue weighted by molar-refractivity contribution is 6.18. The zero-order valence-electron chi connectivity index (χ0n) is 22.6. The Kier molecular flexibility index (Phi) is 4.87. The minimum atomic E-state index is 0.724. The van der Waals surface area contributed by atoms with Crippen LogP contribution in [-0.4, -0.2) is 19.1 Å². The molecule has 0 aliphatic rings. The van der Waals surface area contributed by atoms with Gasteiger partial charge in [0, 0.05) is 32.8 Å². The second-order valence-corrected chi connectivity index (χ2v) is 10.8. The Morgan fingerprint density at radius 1 is 0.381 bits per heavy atom. The molecular formula is C38H24N4. The molecule has 3 heterocycles. The van der Waals surface area contributed by atoms with Gasteiger partial charge in [0.25, 0.3) is 0 Å². The molecular weight excluding hydrogens is 512 g/mol. The van der Waals surface area contributed by atoms with E-state index in [1.54, 1.807) is 0 Å². The third kappa shape index (κ3) is 3.36. The van der Waals surface area contributed by atoms with Crippen molar-refractivity contribution in [3.63, 3.8) is 0 Å². The van der Waals surface area contributed by atoms with E-state index >= 15 is 0 Å². The highest BCUT2D eigenvalue weighted by Gasteiger charge is 2.17. The van der Waals surface area contributed by atoms with Crippen molar-refractivity contribution < 1.29 is 0 Å². The molecule has 0 N–H and O–H groups in total. The molecule has 0 fully saturated rings. The molecule has 0 atom stereocenters. The first-order valence-electron chi connectivity index (χ1n) is 14.2. The van der Waals surface area contributed by atoms with E-state index in [0.29, 0.717) is 0 Å². The molecule has 3 aromatic heterocycles. The average Bonchev–Trinajstić information content (AvgIpc) is 3.55. The van der Waals surface area contributed by atoms with Crippen LogP contribution in [0.5, 0.6) is 0 Å². The Morgan fingerprint density at radius 2 is 0.857 bits per heavy atom. The van der Waals surface area contributed by atoms with Crippen LogP contribution in [-0.2, 0) is 0 Å². The molecule has 0 aliphatic carbocycles. The van der Waals surface area contributed by atoms with Crippen LogP contribution in [0.4, 0.5) is 0 Å². The third-order valence-electron chi connectivity index (χ3n) is 8.36. The van der Waals surface area contributed by atoms with E-state index in [1.807, 2.05) is 42.7 Å². The molecule has 0 aliphatic heterocycles. The van der Waals surface area contributed by atoms with Gasteiger partial charge >= 0.3 is 0 Å². The summed E-state index contributed by atoms with van der Waals surface area (Å²) in [6.45, 7) is 0. The van der Waals surface area contributed by atoms with Crippen molar-refractivity contribution in [2.24, 2.45) is 0 Å². The molecule has 9 rings (SSSR count). The number of rotatable bonds is 3. The first-order chi connectivity index (χ1) is 20.8. The van der Waals surface area contributed by atoms with Crippen LogP contribution in [0.15, 0.2) is 146 Å². The van der Waals surface area contributed by atoms with E-state index in [0.717, 1.165) is 33.8 Å². The van der Waals surface area contributed by atoms with Crippen LogP contribution in [0.25, 0.3) is 77.1 Å². The summed E-state index contributed by atoms with van der Waals surface area (Å²) in [6, 6.07) is 47.4. The summed E-state index contributed by atoms with van der Waals surface area (Å²) in [4.78, 5) is 9.51. The standard InChI is InChI=1S/C38H24N4/c1-3-11-25(12-4-1)38-39-23-29(24-40-38)42-35-18-10-8-16-31(35)33-20-26-19-32-30-15-7-9-17-34(30)41(28-13-5-2-6-14-28)36(32)21-27(26)22-37(33)42/h1-24H. The summed E-state index contributed by atoms with van der Waals surface area (Å²) < 4.78 is 4.66. The zero-order chi connectivity index (χ0) is 27.6. The van der Waals surface area contributed by atoms with Crippen LogP contribution in [0, 0.1) is 0 Å². The van der Waals surface area contributed by atoms with E-state index in [-0.39, 0.29) is 0 Å². The van der Waals surface area contributed by atoms with Gasteiger partial charge in [-0.25, -0.2) is 9.97 Å². The second kappa shape index (κ2) is 8.88. The van der Waals surface area contributed by atoms with Gasteiger partial charge in [-0.3, -0.25) is 0 Å². The molecule has 42 heavy (non-hydrogen) atoms. The van der Waals surface area contributed by atoms with E-state index in [9.17, 15) is 0 Å². The van der Waals surface area contributed by atoms with Gasteiger partial charge in [-0.2, -0.15) is 0 Å². The van der Waals surface area contributed by atoms with Crippen LogP contribution in [0.3, 0.4) is 0 Å². The van der Waals surface area contributed by atoms with Gasteiger partial charge in [0.2, 0.25) is 0 Å². The van der Waals surface area contributed by atoms with Gasteiger partial charge < -0.3 is 9.13 Å². The number of aromatic nitrogens is 4. The predicted octanol–water partition coefficient (Wildman–Crippen LogP) is 9.49. The van der Waals surface area contributed by atoms with Crippen LogP contribution in [0.1, 0.15) is 0 Å². The molecule has 6 aromatic carbocycles. The lowest BCUT2D eigenvalue weighted by Gasteiger charge is -2.10. The third-order valence-corrected chi connectivity index (χ3v) is 8.36. The highest BCUT2D eigenvalue weighted by Crippen LogP contribution is 2.39. The lowest BCUT2D eigenvalue weighted by molar-refractivity contribution is 1.08. The summed E-state index contributed by atoms with van der Waals surface area (Å²) in [5, 5.41) is 7.38. The van der Waals surface area contributed by atoms with Crippen molar-refractivity contribution in [3.8, 4) is 22.8 Å². The fraction of sp³-hybridized carbons (Fsp3) is 0. The van der Waals surface area contributed by atoms with Crippen molar-refractivity contribution in [1.29, 1.82) is 0 Å². The van der Waals surface area contributed by atoms with Crippen molar-refractivity contribution >= 4 is 54.4 Å². The second-order valence-electron chi connectivity index (χ2n) is 10.8. The van der Waals surface area contributed by atoms with Gasteiger partial charge in [-0.1, -0.05) is 84.9 Å². The Hall–Kier alpha value is -5.74. The topological polar surface area (TPSA) is 35.6 Å². The number of para-hydroxylation sites is 3. The first-order valence-corrected chi connectivity index (χ1v) is 14.2. The zero-order valence-corrected chi connectivity index (χ0v) is 22.6. The molecule has 0 radical (unpaired) electrons. The lowest BCUT2D eigenvalue weighted by Crippen LogP contribution is -1.97. The van der Waals surface area contributed by atoms with E-state index in [2.05, 4.69) is 112 Å². The predicted molar refractivity (Wildman–Crippen MR) is 174 cm³/mol. The van der Waals surface area contributed by atoms with Gasteiger partial charge in [0.05, 0.1) is 40.1 Å². The maximum atomic E-state index is 4.76. The molecule has 0 saturated heterocycles. The van der Waals surface area contributed by atoms with E-state index < -0.39 is 0 Å². The van der Waals surface area contributed by atoms with Crippen molar-refractivity contribution in [2.75, 3.05) is 0 Å². The van der Waals surface area contributed by atoms with Crippen LogP contribution < -0.4 is 0 Å². The van der Waals surface area contributed by atoms with Gasteiger partial charge in [0.15, 0.2) is 5.82 Å². The molecule has 196 valence electrons.